The zero-order chi connectivity index (χ0) is 9.62. The van der Waals surface area contributed by atoms with E-state index in [0.29, 0.717) is 5.67 Å². The van der Waals surface area contributed by atoms with Crippen LogP contribution in [0.1, 0.15) is 0 Å². The molecule has 0 aromatic carbocycles. The Morgan fingerprint density at radius 1 is 1.00 bits per heavy atom. The maximum Gasteiger partial charge on any atom is 0.340 e. The zero-order valence-corrected chi connectivity index (χ0v) is 13.4. The van der Waals surface area contributed by atoms with Crippen molar-refractivity contribution in [3.05, 3.63) is 0 Å². The van der Waals surface area contributed by atoms with Crippen LogP contribution in [0.2, 0.25) is 17.0 Å². The van der Waals surface area contributed by atoms with Crippen molar-refractivity contribution < 1.29 is 0 Å². The summed E-state index contributed by atoms with van der Waals surface area (Å²) in [6, 6.07) is -2.57. The molecule has 1 saturated heterocycles. The van der Waals surface area contributed by atoms with Crippen molar-refractivity contribution in [2.75, 3.05) is 0 Å². The molecule has 0 aromatic rings. The normalized spacial score (nSPS) is 26.5. The number of rotatable bonds is 2. The van der Waals surface area contributed by atoms with Gasteiger partial charge in [0.2, 0.25) is 6.69 Å². The predicted molar refractivity (Wildman–Crippen MR) is 66.8 cm³/mol. The summed E-state index contributed by atoms with van der Waals surface area (Å²) in [4.78, 5) is 0. The highest BCUT2D eigenvalue weighted by molar-refractivity contribution is 7.69. The van der Waals surface area contributed by atoms with Gasteiger partial charge in [0.05, 0.1) is 0 Å². The van der Waals surface area contributed by atoms with Crippen molar-refractivity contribution in [1.29, 1.82) is 0 Å². The summed E-state index contributed by atoms with van der Waals surface area (Å²) >= 11 is 35.5. The van der Waals surface area contributed by atoms with Gasteiger partial charge >= 0.3 is 6.00 Å². The van der Waals surface area contributed by atoms with Crippen LogP contribution in [0.25, 0.3) is 0 Å². The van der Waals surface area contributed by atoms with E-state index < -0.39 is 20.1 Å². The van der Waals surface area contributed by atoms with E-state index in [4.69, 9.17) is 66.5 Å². The minimum atomic E-state index is -2.57. The molecule has 1 aliphatic heterocycles. The van der Waals surface area contributed by atoms with Crippen LogP contribution in [0.3, 0.4) is 0 Å². The fourth-order valence-electron chi connectivity index (χ4n) is 1.36. The lowest BCUT2D eigenvalue weighted by atomic mass is 11.7. The summed E-state index contributed by atoms with van der Waals surface area (Å²) in [6.45, 7) is -1.97. The highest BCUT2D eigenvalue weighted by atomic mass is 35.8. The number of halogens is 6. The Hall–Kier alpha value is 2.39. The van der Waals surface area contributed by atoms with E-state index in [1.54, 1.807) is 0 Å². The fraction of sp³-hybridized carbons (Fsp3) is 1.00. The molecule has 0 saturated carbocycles. The molecule has 12 heavy (non-hydrogen) atoms. The monoisotopic (exact) mass is 336 g/mol. The van der Waals surface area contributed by atoms with Crippen molar-refractivity contribution in [3.63, 3.8) is 0 Å². The summed E-state index contributed by atoms with van der Waals surface area (Å²) in [5, 5.41) is 0. The second-order valence-corrected chi connectivity index (χ2v) is 27.5. The molecule has 0 aliphatic carbocycles. The van der Waals surface area contributed by atoms with Crippen LogP contribution in [0, 0.1) is 0 Å². The molecule has 0 spiro atoms. The third-order valence-corrected chi connectivity index (χ3v) is 27.0. The van der Waals surface area contributed by atoms with Gasteiger partial charge in [-0.1, -0.05) is 0 Å². The molecule has 1 aliphatic rings. The summed E-state index contributed by atoms with van der Waals surface area (Å²) in [6.07, 6.45) is 0. The quantitative estimate of drug-likeness (QED) is 0.518. The van der Waals surface area contributed by atoms with E-state index in [-0.39, 0.29) is 0 Å². The van der Waals surface area contributed by atoms with Crippen LogP contribution in [0.15, 0.2) is 0 Å². The lowest BCUT2D eigenvalue weighted by molar-refractivity contribution is 1.49. The molecule has 9 heteroatoms. The Balaban J connectivity index is 2.46. The van der Waals surface area contributed by atoms with E-state index in [2.05, 4.69) is 0 Å². The molecular formula is C3H6Cl6Si3. The van der Waals surface area contributed by atoms with Crippen molar-refractivity contribution in [2.24, 2.45) is 0 Å². The van der Waals surface area contributed by atoms with Gasteiger partial charge < -0.3 is 0 Å². The second kappa shape index (κ2) is 3.76. The molecule has 0 amide bonds. The summed E-state index contributed by atoms with van der Waals surface area (Å²) in [5.74, 6) is 0. The lowest BCUT2D eigenvalue weighted by Crippen LogP contribution is -2.55. The van der Waals surface area contributed by atoms with Crippen LogP contribution in [-0.4, -0.2) is 20.1 Å². The average Bonchev–Trinajstić information content (AvgIpc) is 1.48. The standard InChI is InChI=1S/C3H6Cl6Si3/c4-10(3-12(7,8)9)1-11(5,6)2-10/h1-3H2. The minimum absolute atomic E-state index is 0.584. The first kappa shape index (κ1) is 12.5. The Kier molecular flexibility index (Phi) is 3.90. The molecule has 0 nitrogen and oxygen atoms in total. The van der Waals surface area contributed by atoms with E-state index in [0.717, 1.165) is 11.3 Å². The molecule has 72 valence electrons. The zero-order valence-electron chi connectivity index (χ0n) is 5.89. The van der Waals surface area contributed by atoms with E-state index >= 15 is 0 Å². The lowest BCUT2D eigenvalue weighted by Gasteiger charge is -2.42. The topological polar surface area (TPSA) is 0 Å². The van der Waals surface area contributed by atoms with Crippen molar-refractivity contribution in [2.45, 2.75) is 17.0 Å². The first-order chi connectivity index (χ1) is 5.12. The number of hydrogen-bond donors (Lipinski definition) is 0. The summed E-state index contributed by atoms with van der Waals surface area (Å²) in [7, 11) is -1.83. The van der Waals surface area contributed by atoms with Crippen molar-refractivity contribution >= 4 is 86.6 Å². The van der Waals surface area contributed by atoms with Crippen LogP contribution >= 0.6 is 66.5 Å². The Morgan fingerprint density at radius 2 is 1.42 bits per heavy atom. The van der Waals surface area contributed by atoms with Gasteiger partial charge in [0, 0.05) is 0 Å². The summed E-state index contributed by atoms with van der Waals surface area (Å²) in [5.41, 5.74) is 2.12. The molecule has 0 N–H and O–H groups in total. The maximum atomic E-state index is 6.26. The van der Waals surface area contributed by atoms with E-state index in [9.17, 15) is 0 Å². The minimum Gasteiger partial charge on any atom is -0.168 e. The van der Waals surface area contributed by atoms with Gasteiger partial charge in [0.15, 0.2) is 7.38 Å². The van der Waals surface area contributed by atoms with Crippen molar-refractivity contribution in [3.8, 4) is 0 Å². The molecule has 0 unspecified atom stereocenters. The SMILES string of the molecule is Cl[Si](Cl)(Cl)C[Si]1(Cl)C[Si](Cl)(Cl)C1. The fourth-order valence-corrected chi connectivity index (χ4v) is 40.8. The molecule has 1 heterocycles. The molecule has 0 aromatic heterocycles. The average molecular weight is 339 g/mol. The number of hydrogen-bond acceptors (Lipinski definition) is 0. The molecule has 1 rings (SSSR count). The largest absolute Gasteiger partial charge is 0.340 e. The van der Waals surface area contributed by atoms with Gasteiger partial charge in [0.25, 0.3) is 0 Å². The first-order valence-electron chi connectivity index (χ1n) is 3.26. The van der Waals surface area contributed by atoms with Crippen LogP contribution in [0.5, 0.6) is 0 Å². The maximum absolute atomic E-state index is 6.26. The van der Waals surface area contributed by atoms with E-state index in [1.807, 2.05) is 0 Å². The Labute approximate surface area is 103 Å². The van der Waals surface area contributed by atoms with Gasteiger partial charge in [-0.25, -0.2) is 0 Å². The predicted octanol–water partition coefficient (Wildman–Crippen LogP) is 4.38. The van der Waals surface area contributed by atoms with Gasteiger partial charge in [-0.3, -0.25) is 0 Å². The smallest absolute Gasteiger partial charge is 0.168 e. The van der Waals surface area contributed by atoms with Crippen LogP contribution in [0.4, 0.5) is 0 Å². The molecule has 0 radical (unpaired) electrons. The van der Waals surface area contributed by atoms with Gasteiger partial charge in [-0.15, -0.1) is 55.4 Å². The Bertz CT molecular complexity index is 179. The van der Waals surface area contributed by atoms with E-state index in [1.165, 1.54) is 0 Å². The van der Waals surface area contributed by atoms with Gasteiger partial charge in [0.1, 0.15) is 0 Å². The highest BCUT2D eigenvalue weighted by Gasteiger charge is 2.59. The molecule has 0 bridgehead atoms. The van der Waals surface area contributed by atoms with Crippen molar-refractivity contribution in [1.82, 2.24) is 0 Å². The van der Waals surface area contributed by atoms with Crippen LogP contribution in [-0.2, 0) is 0 Å². The third-order valence-electron chi connectivity index (χ3n) is 1.67. The summed E-state index contributed by atoms with van der Waals surface area (Å²) < 4.78 is 0. The third kappa shape index (κ3) is 3.87. The molecule has 1 fully saturated rings. The van der Waals surface area contributed by atoms with Gasteiger partial charge in [-0.2, -0.15) is 11.1 Å². The molecule has 0 atom stereocenters. The van der Waals surface area contributed by atoms with Gasteiger partial charge in [-0.05, 0) is 17.0 Å². The molecular weight excluding hydrogens is 333 g/mol. The van der Waals surface area contributed by atoms with Crippen LogP contribution < -0.4 is 0 Å². The first-order valence-corrected chi connectivity index (χ1v) is 16.6. The second-order valence-electron chi connectivity index (χ2n) is 3.15. The highest BCUT2D eigenvalue weighted by Crippen LogP contribution is 2.52. The Morgan fingerprint density at radius 3 is 1.67 bits per heavy atom.